The average Bonchev–Trinajstić information content (AvgIpc) is 3.04. The van der Waals surface area contributed by atoms with Gasteiger partial charge < -0.3 is 15.1 Å². The Morgan fingerprint density at radius 2 is 2.17 bits per heavy atom. The Labute approximate surface area is 140 Å². The summed E-state index contributed by atoms with van der Waals surface area (Å²) in [6.07, 6.45) is 2.83. The molecule has 0 saturated carbocycles. The third-order valence-corrected chi connectivity index (χ3v) is 4.23. The van der Waals surface area contributed by atoms with Gasteiger partial charge in [-0.25, -0.2) is 0 Å². The summed E-state index contributed by atoms with van der Waals surface area (Å²) in [5.74, 6) is 0.660. The van der Waals surface area contributed by atoms with E-state index in [4.69, 9.17) is 0 Å². The van der Waals surface area contributed by atoms with Crippen molar-refractivity contribution in [3.63, 3.8) is 0 Å². The van der Waals surface area contributed by atoms with Crippen molar-refractivity contribution in [2.24, 2.45) is 0 Å². The minimum Gasteiger partial charge on any atom is -0.366 e. The molecule has 24 heavy (non-hydrogen) atoms. The molecule has 1 aliphatic rings. The molecule has 0 aliphatic carbocycles. The summed E-state index contributed by atoms with van der Waals surface area (Å²) >= 11 is 0. The van der Waals surface area contributed by atoms with E-state index in [0.717, 1.165) is 17.7 Å². The highest BCUT2D eigenvalue weighted by Gasteiger charge is 2.21. The molecule has 126 valence electrons. The largest absolute Gasteiger partial charge is 0.366 e. The molecule has 0 saturated heterocycles. The molecule has 1 aromatic heterocycles. The lowest BCUT2D eigenvalue weighted by Gasteiger charge is -2.26. The second-order valence-electron chi connectivity index (χ2n) is 6.13. The van der Waals surface area contributed by atoms with E-state index in [1.807, 2.05) is 19.2 Å². The topological polar surface area (TPSA) is 81.3 Å². The smallest absolute Gasteiger partial charge is 0.258 e. The number of benzene rings is 1. The lowest BCUT2D eigenvalue weighted by atomic mass is 9.99. The fraction of sp³-hybridized carbons (Fsp3) is 0.353. The second kappa shape index (κ2) is 6.35. The van der Waals surface area contributed by atoms with Gasteiger partial charge in [-0.15, -0.1) is 0 Å². The first-order valence-corrected chi connectivity index (χ1v) is 7.84. The molecule has 2 N–H and O–H groups in total. The fourth-order valence-corrected chi connectivity index (χ4v) is 2.83. The second-order valence-corrected chi connectivity index (χ2v) is 6.13. The molecule has 0 fully saturated rings. The number of H-pyrrole nitrogens is 1. The van der Waals surface area contributed by atoms with E-state index in [0.29, 0.717) is 24.3 Å². The summed E-state index contributed by atoms with van der Waals surface area (Å²) in [4.78, 5) is 27.1. The van der Waals surface area contributed by atoms with Gasteiger partial charge in [0.2, 0.25) is 5.91 Å². The number of carbonyl (C=O) groups excluding carboxylic acids is 2. The molecule has 1 aliphatic heterocycles. The predicted molar refractivity (Wildman–Crippen MR) is 92.1 cm³/mol. The van der Waals surface area contributed by atoms with Crippen LogP contribution in [0.5, 0.6) is 0 Å². The van der Waals surface area contributed by atoms with E-state index in [9.17, 15) is 9.59 Å². The van der Waals surface area contributed by atoms with E-state index in [-0.39, 0.29) is 11.8 Å². The lowest BCUT2D eigenvalue weighted by molar-refractivity contribution is -0.118. The van der Waals surface area contributed by atoms with E-state index >= 15 is 0 Å². The minimum atomic E-state index is -0.100. The van der Waals surface area contributed by atoms with Crippen LogP contribution < -0.4 is 10.2 Å². The van der Waals surface area contributed by atoms with Crippen molar-refractivity contribution in [1.82, 2.24) is 15.1 Å². The van der Waals surface area contributed by atoms with Gasteiger partial charge in [-0.3, -0.25) is 14.7 Å². The van der Waals surface area contributed by atoms with Crippen LogP contribution in [0.4, 0.5) is 11.5 Å². The minimum absolute atomic E-state index is 0.100. The first-order valence-electron chi connectivity index (χ1n) is 7.84. The van der Waals surface area contributed by atoms with Gasteiger partial charge in [-0.05, 0) is 23.6 Å². The third kappa shape index (κ3) is 2.97. The van der Waals surface area contributed by atoms with Gasteiger partial charge in [0.05, 0.1) is 6.20 Å². The number of nitrogens with one attached hydrogen (secondary N) is 2. The number of anilines is 2. The van der Waals surface area contributed by atoms with Crippen LogP contribution in [-0.2, 0) is 17.8 Å². The Bertz CT molecular complexity index is 781. The van der Waals surface area contributed by atoms with Crippen molar-refractivity contribution in [1.29, 1.82) is 0 Å². The molecule has 2 aromatic rings. The van der Waals surface area contributed by atoms with Crippen molar-refractivity contribution >= 4 is 23.3 Å². The van der Waals surface area contributed by atoms with Crippen LogP contribution >= 0.6 is 0 Å². The molecule has 0 bridgehead atoms. The first kappa shape index (κ1) is 16.0. The molecule has 0 unspecified atom stereocenters. The van der Waals surface area contributed by atoms with Gasteiger partial charge in [0.1, 0.15) is 11.4 Å². The SMILES string of the molecule is CN(C)C(=O)c1cn[nH]c1NCc1ccc2c(c1)CCC(=O)N2C. The summed E-state index contributed by atoms with van der Waals surface area (Å²) in [7, 11) is 5.22. The van der Waals surface area contributed by atoms with E-state index < -0.39 is 0 Å². The number of hydrogen-bond donors (Lipinski definition) is 2. The number of rotatable bonds is 4. The number of amides is 2. The van der Waals surface area contributed by atoms with Crippen LogP contribution in [0.1, 0.15) is 27.9 Å². The van der Waals surface area contributed by atoms with Crippen molar-refractivity contribution in [3.05, 3.63) is 41.1 Å². The monoisotopic (exact) mass is 327 g/mol. The molecule has 2 heterocycles. The molecule has 2 amide bonds. The van der Waals surface area contributed by atoms with Gasteiger partial charge in [-0.1, -0.05) is 12.1 Å². The van der Waals surface area contributed by atoms with Crippen LogP contribution in [0.2, 0.25) is 0 Å². The van der Waals surface area contributed by atoms with E-state index in [1.165, 1.54) is 16.7 Å². The summed E-state index contributed by atoms with van der Waals surface area (Å²) in [5.41, 5.74) is 3.75. The normalized spacial score (nSPS) is 13.6. The summed E-state index contributed by atoms with van der Waals surface area (Å²) < 4.78 is 0. The maximum absolute atomic E-state index is 12.1. The average molecular weight is 327 g/mol. The molecule has 7 nitrogen and oxygen atoms in total. The Morgan fingerprint density at radius 1 is 1.38 bits per heavy atom. The number of aromatic amines is 1. The number of aryl methyl sites for hydroxylation is 1. The lowest BCUT2D eigenvalue weighted by Crippen LogP contribution is -2.31. The molecule has 0 atom stereocenters. The number of hydrogen-bond acceptors (Lipinski definition) is 4. The molecule has 1 aromatic carbocycles. The highest BCUT2D eigenvalue weighted by atomic mass is 16.2. The van der Waals surface area contributed by atoms with Gasteiger partial charge in [0.25, 0.3) is 5.91 Å². The van der Waals surface area contributed by atoms with Gasteiger partial charge in [-0.2, -0.15) is 5.10 Å². The highest BCUT2D eigenvalue weighted by Crippen LogP contribution is 2.27. The van der Waals surface area contributed by atoms with E-state index in [2.05, 4.69) is 21.6 Å². The zero-order valence-corrected chi connectivity index (χ0v) is 14.1. The summed E-state index contributed by atoms with van der Waals surface area (Å²) in [6.45, 7) is 0.570. The molecule has 7 heteroatoms. The Balaban J connectivity index is 1.74. The number of nitrogens with zero attached hydrogens (tertiary/aromatic N) is 3. The standard InChI is InChI=1S/C17H21N5O2/c1-21(2)17(24)13-10-19-20-16(13)18-9-11-4-6-14-12(8-11)5-7-15(23)22(14)3/h4,6,8,10H,5,7,9H2,1-3H3,(H2,18,19,20). The maximum Gasteiger partial charge on any atom is 0.258 e. The van der Waals surface area contributed by atoms with Crippen molar-refractivity contribution in [2.75, 3.05) is 31.4 Å². The van der Waals surface area contributed by atoms with Gasteiger partial charge >= 0.3 is 0 Å². The molecule has 0 radical (unpaired) electrons. The van der Waals surface area contributed by atoms with Gasteiger partial charge in [0, 0.05) is 39.8 Å². The van der Waals surface area contributed by atoms with Crippen LogP contribution in [0.3, 0.4) is 0 Å². The van der Waals surface area contributed by atoms with Crippen molar-refractivity contribution in [2.45, 2.75) is 19.4 Å². The first-order chi connectivity index (χ1) is 11.5. The molecular weight excluding hydrogens is 306 g/mol. The Kier molecular flexibility index (Phi) is 4.24. The molecule has 0 spiro atoms. The zero-order chi connectivity index (χ0) is 17.3. The van der Waals surface area contributed by atoms with Crippen molar-refractivity contribution in [3.8, 4) is 0 Å². The number of fused-ring (bicyclic) bond motifs is 1. The van der Waals surface area contributed by atoms with Crippen LogP contribution in [0.25, 0.3) is 0 Å². The Hall–Kier alpha value is -2.83. The number of aromatic nitrogens is 2. The fourth-order valence-electron chi connectivity index (χ4n) is 2.83. The summed E-state index contributed by atoms with van der Waals surface area (Å²) in [6, 6.07) is 6.07. The van der Waals surface area contributed by atoms with Gasteiger partial charge in [0.15, 0.2) is 0 Å². The zero-order valence-electron chi connectivity index (χ0n) is 14.1. The molecular formula is C17H21N5O2. The predicted octanol–water partition coefficient (Wildman–Crippen LogP) is 1.63. The van der Waals surface area contributed by atoms with Crippen molar-refractivity contribution < 1.29 is 9.59 Å². The maximum atomic E-state index is 12.1. The highest BCUT2D eigenvalue weighted by molar-refractivity contribution is 5.98. The number of carbonyl (C=O) groups is 2. The Morgan fingerprint density at radius 3 is 2.92 bits per heavy atom. The summed E-state index contributed by atoms with van der Waals surface area (Å²) in [5, 5.41) is 10.00. The van der Waals surface area contributed by atoms with Crippen LogP contribution in [0, 0.1) is 0 Å². The quantitative estimate of drug-likeness (QED) is 0.894. The van der Waals surface area contributed by atoms with E-state index in [1.54, 1.807) is 19.0 Å². The van der Waals surface area contributed by atoms with Crippen LogP contribution in [0.15, 0.2) is 24.4 Å². The molecule has 3 rings (SSSR count). The van der Waals surface area contributed by atoms with Crippen LogP contribution in [-0.4, -0.2) is 48.1 Å². The third-order valence-electron chi connectivity index (χ3n) is 4.23.